The summed E-state index contributed by atoms with van der Waals surface area (Å²) in [6, 6.07) is 14.1. The van der Waals surface area contributed by atoms with Crippen molar-refractivity contribution in [2.45, 2.75) is 45.3 Å². The molecule has 1 aromatic heterocycles. The maximum atomic E-state index is 13.6. The molecular formula is C31H36FN3O5. The first kappa shape index (κ1) is 27.9. The van der Waals surface area contributed by atoms with Crippen molar-refractivity contribution in [1.82, 2.24) is 9.88 Å². The van der Waals surface area contributed by atoms with Crippen LogP contribution in [0, 0.1) is 5.82 Å². The van der Waals surface area contributed by atoms with Crippen LogP contribution in [-0.4, -0.2) is 61.4 Å². The van der Waals surface area contributed by atoms with E-state index in [1.807, 2.05) is 18.9 Å². The molecule has 2 saturated heterocycles. The number of anilines is 1. The molecule has 3 aromatic rings. The lowest BCUT2D eigenvalue weighted by molar-refractivity contribution is -0.0573. The molecule has 9 heteroatoms. The largest absolute Gasteiger partial charge is 0.493 e. The topological polar surface area (TPSA) is 73.4 Å². The van der Waals surface area contributed by atoms with Crippen LogP contribution in [0.1, 0.15) is 49.0 Å². The molecule has 2 aromatic carbocycles. The summed E-state index contributed by atoms with van der Waals surface area (Å²) in [6.07, 6.45) is 4.27. The lowest BCUT2D eigenvalue weighted by atomic mass is 9.88. The molecule has 0 amide bonds. The van der Waals surface area contributed by atoms with Gasteiger partial charge in [0.15, 0.2) is 5.82 Å². The first-order valence-corrected chi connectivity index (χ1v) is 13.9. The summed E-state index contributed by atoms with van der Waals surface area (Å²) in [6.45, 7) is 8.27. The smallest absolute Gasteiger partial charge is 0.339 e. The summed E-state index contributed by atoms with van der Waals surface area (Å²) in [7, 11) is 1.36. The van der Waals surface area contributed by atoms with Gasteiger partial charge in [0, 0.05) is 25.8 Å². The van der Waals surface area contributed by atoms with Crippen molar-refractivity contribution in [3.63, 3.8) is 0 Å². The zero-order valence-electron chi connectivity index (χ0n) is 23.3. The van der Waals surface area contributed by atoms with Gasteiger partial charge >= 0.3 is 5.97 Å². The number of likely N-dealkylation sites (tertiary alicyclic amines) is 1. The van der Waals surface area contributed by atoms with Crippen molar-refractivity contribution >= 4 is 11.8 Å². The molecule has 0 saturated carbocycles. The summed E-state index contributed by atoms with van der Waals surface area (Å²) >= 11 is 0. The van der Waals surface area contributed by atoms with Crippen LogP contribution in [-0.2, 0) is 16.1 Å². The Morgan fingerprint density at radius 1 is 0.975 bits per heavy atom. The van der Waals surface area contributed by atoms with Crippen LogP contribution >= 0.6 is 0 Å². The van der Waals surface area contributed by atoms with Gasteiger partial charge in [0.1, 0.15) is 22.9 Å². The number of hydrogen-bond acceptors (Lipinski definition) is 8. The van der Waals surface area contributed by atoms with Gasteiger partial charge < -0.3 is 14.2 Å². The zero-order valence-corrected chi connectivity index (χ0v) is 23.3. The SMILES string of the molecule is CCOc1cc(CN2CCC3(CC2)CCN(c2ccc(C(=O)OC)cn2)O3)cc(OCC)c1-c1ccc(F)cc1. The molecule has 0 unspecified atom stereocenters. The van der Waals surface area contributed by atoms with Gasteiger partial charge in [-0.1, -0.05) is 12.1 Å². The van der Waals surface area contributed by atoms with Gasteiger partial charge in [-0.2, -0.15) is 0 Å². The number of nitrogens with zero attached hydrogens (tertiary/aromatic N) is 3. The minimum Gasteiger partial charge on any atom is -0.493 e. The highest BCUT2D eigenvalue weighted by Crippen LogP contribution is 2.41. The van der Waals surface area contributed by atoms with Gasteiger partial charge in [-0.05, 0) is 80.6 Å². The number of carbonyl (C=O) groups is 1. The van der Waals surface area contributed by atoms with Gasteiger partial charge in [-0.25, -0.2) is 19.2 Å². The summed E-state index contributed by atoms with van der Waals surface area (Å²) in [4.78, 5) is 25.0. The minimum atomic E-state index is -0.405. The Morgan fingerprint density at radius 2 is 1.62 bits per heavy atom. The van der Waals surface area contributed by atoms with E-state index in [1.54, 1.807) is 24.3 Å². The van der Waals surface area contributed by atoms with Crippen molar-refractivity contribution in [1.29, 1.82) is 0 Å². The Bertz CT molecular complexity index is 1280. The molecule has 0 atom stereocenters. The van der Waals surface area contributed by atoms with Gasteiger partial charge in [-0.15, -0.1) is 0 Å². The number of esters is 1. The normalized spacial score (nSPS) is 16.8. The maximum Gasteiger partial charge on any atom is 0.339 e. The summed E-state index contributed by atoms with van der Waals surface area (Å²) in [5.74, 6) is 1.49. The van der Waals surface area contributed by atoms with Crippen LogP contribution in [0.3, 0.4) is 0 Å². The van der Waals surface area contributed by atoms with E-state index in [2.05, 4.69) is 22.0 Å². The molecule has 0 bridgehead atoms. The van der Waals surface area contributed by atoms with Gasteiger partial charge in [0.2, 0.25) is 0 Å². The first-order chi connectivity index (χ1) is 19.4. The number of methoxy groups -OCH3 is 1. The van der Waals surface area contributed by atoms with E-state index in [0.717, 1.165) is 73.6 Å². The van der Waals surface area contributed by atoms with Crippen LogP contribution in [0.25, 0.3) is 11.1 Å². The fraction of sp³-hybridized carbons (Fsp3) is 0.419. The number of halogens is 1. The maximum absolute atomic E-state index is 13.6. The quantitative estimate of drug-likeness (QED) is 0.317. The molecular weight excluding hydrogens is 513 g/mol. The number of aromatic nitrogens is 1. The molecule has 0 N–H and O–H groups in total. The van der Waals surface area contributed by atoms with E-state index < -0.39 is 5.97 Å². The fourth-order valence-electron chi connectivity index (χ4n) is 5.46. The Hall–Kier alpha value is -3.69. The molecule has 8 nitrogen and oxygen atoms in total. The van der Waals surface area contributed by atoms with Crippen molar-refractivity contribution < 1.29 is 28.2 Å². The molecule has 5 rings (SSSR count). The monoisotopic (exact) mass is 549 g/mol. The second-order valence-electron chi connectivity index (χ2n) is 10.1. The van der Waals surface area contributed by atoms with Crippen LogP contribution in [0.2, 0.25) is 0 Å². The Morgan fingerprint density at radius 3 is 2.20 bits per heavy atom. The van der Waals surface area contributed by atoms with E-state index in [4.69, 9.17) is 19.0 Å². The Labute approximate surface area is 234 Å². The molecule has 2 fully saturated rings. The highest BCUT2D eigenvalue weighted by Gasteiger charge is 2.43. The second kappa shape index (κ2) is 12.2. The lowest BCUT2D eigenvalue weighted by Gasteiger charge is -2.38. The van der Waals surface area contributed by atoms with Crippen LogP contribution in [0.4, 0.5) is 10.2 Å². The van der Waals surface area contributed by atoms with E-state index in [9.17, 15) is 9.18 Å². The number of hydrogen-bond donors (Lipinski definition) is 0. The summed E-state index contributed by atoms with van der Waals surface area (Å²) in [5, 5.41) is 1.84. The van der Waals surface area contributed by atoms with Crippen LogP contribution in [0.5, 0.6) is 11.5 Å². The fourth-order valence-corrected chi connectivity index (χ4v) is 5.46. The molecule has 212 valence electrons. The number of hydroxylamine groups is 1. The summed E-state index contributed by atoms with van der Waals surface area (Å²) < 4.78 is 30.4. The molecule has 40 heavy (non-hydrogen) atoms. The predicted molar refractivity (Wildman–Crippen MR) is 150 cm³/mol. The van der Waals surface area contributed by atoms with Crippen molar-refractivity contribution in [3.05, 3.63) is 71.7 Å². The number of carbonyl (C=O) groups excluding carboxylic acids is 1. The highest BCUT2D eigenvalue weighted by atomic mass is 19.1. The summed E-state index contributed by atoms with van der Waals surface area (Å²) in [5.41, 5.74) is 3.02. The zero-order chi connectivity index (χ0) is 28.1. The van der Waals surface area contributed by atoms with E-state index >= 15 is 0 Å². The predicted octanol–water partition coefficient (Wildman–Crippen LogP) is 5.65. The third-order valence-corrected chi connectivity index (χ3v) is 7.53. The number of benzene rings is 2. The van der Waals surface area contributed by atoms with E-state index in [-0.39, 0.29) is 11.4 Å². The van der Waals surface area contributed by atoms with Crippen molar-refractivity contribution in [3.8, 4) is 22.6 Å². The number of rotatable bonds is 9. The highest BCUT2D eigenvalue weighted by molar-refractivity contribution is 5.89. The first-order valence-electron chi connectivity index (χ1n) is 13.9. The molecule has 2 aliphatic rings. The Balaban J connectivity index is 1.26. The van der Waals surface area contributed by atoms with Crippen molar-refractivity contribution in [2.24, 2.45) is 0 Å². The van der Waals surface area contributed by atoms with Crippen molar-refractivity contribution in [2.75, 3.05) is 45.0 Å². The number of ether oxygens (including phenoxy) is 3. The van der Waals surface area contributed by atoms with Gasteiger partial charge in [0.05, 0.1) is 38.0 Å². The molecule has 1 spiro atoms. The minimum absolute atomic E-state index is 0.210. The second-order valence-corrected chi connectivity index (χ2v) is 10.1. The lowest BCUT2D eigenvalue weighted by Crippen LogP contribution is -2.44. The standard InChI is InChI=1S/C31H36FN3O5/c1-4-38-26-18-22(19-27(39-5-2)29(26)23-6-9-25(32)10-7-23)21-34-15-12-31(13-16-34)14-17-35(40-31)28-11-8-24(20-33-28)30(36)37-3/h6-11,18-20H,4-5,12-17,21H2,1-3H3. The number of pyridine rings is 1. The van der Waals surface area contributed by atoms with Gasteiger partial charge in [-0.3, -0.25) is 9.74 Å². The van der Waals surface area contributed by atoms with E-state index in [0.29, 0.717) is 24.6 Å². The Kier molecular flexibility index (Phi) is 8.52. The molecule has 0 radical (unpaired) electrons. The van der Waals surface area contributed by atoms with Crippen LogP contribution in [0.15, 0.2) is 54.7 Å². The molecule has 2 aliphatic heterocycles. The van der Waals surface area contributed by atoms with E-state index in [1.165, 1.54) is 25.4 Å². The van der Waals surface area contributed by atoms with Crippen LogP contribution < -0.4 is 14.5 Å². The number of piperidine rings is 1. The third-order valence-electron chi connectivity index (χ3n) is 7.53. The molecule has 3 heterocycles. The third kappa shape index (κ3) is 6.05. The average molecular weight is 550 g/mol. The van der Waals surface area contributed by atoms with Gasteiger partial charge in [0.25, 0.3) is 0 Å². The molecule has 0 aliphatic carbocycles. The average Bonchev–Trinajstić information content (AvgIpc) is 3.38.